The van der Waals surface area contributed by atoms with Crippen molar-refractivity contribution in [3.63, 3.8) is 0 Å². The van der Waals surface area contributed by atoms with Crippen molar-refractivity contribution >= 4 is 28.5 Å². The van der Waals surface area contributed by atoms with Crippen LogP contribution < -0.4 is 5.73 Å². The normalized spacial score (nSPS) is 17.6. The molecule has 0 spiro atoms. The fraction of sp³-hybridized carbons (Fsp3) is 0.250. The molecule has 2 aliphatic rings. The van der Waals surface area contributed by atoms with Crippen LogP contribution in [0.3, 0.4) is 0 Å². The van der Waals surface area contributed by atoms with Gasteiger partial charge in [0.25, 0.3) is 5.91 Å². The van der Waals surface area contributed by atoms with E-state index in [-0.39, 0.29) is 18.5 Å². The van der Waals surface area contributed by atoms with Crippen LogP contribution in [-0.4, -0.2) is 40.0 Å². The van der Waals surface area contributed by atoms with Gasteiger partial charge in [0.1, 0.15) is 23.1 Å². The van der Waals surface area contributed by atoms with Gasteiger partial charge in [0, 0.05) is 30.0 Å². The predicted octanol–water partition coefficient (Wildman–Crippen LogP) is 4.47. The summed E-state index contributed by atoms with van der Waals surface area (Å²) in [5, 5.41) is 7.28. The molecule has 1 aliphatic carbocycles. The molecule has 36 heavy (non-hydrogen) atoms. The Labute approximate surface area is 208 Å². The number of primary amides is 1. The number of carbonyl (C=O) groups is 2. The molecule has 2 amide bonds. The standard InChI is InChI=1S/C28H26N4O4/c29-28(34)19-9-7-18(8-10-19)16-31(21-11-12-21)17-27(33)32-23(25-6-3-13-35-25)15-22(30-32)26-14-20-4-1-2-5-24(20)36-26/h1-10,13-14,21,23H,11-12,15-17H2,(H2,29,34). The van der Waals surface area contributed by atoms with Gasteiger partial charge in [-0.1, -0.05) is 30.3 Å². The summed E-state index contributed by atoms with van der Waals surface area (Å²) in [5.41, 5.74) is 8.37. The third-order valence-electron chi connectivity index (χ3n) is 6.77. The Balaban J connectivity index is 1.24. The third kappa shape index (κ3) is 4.43. The SMILES string of the molecule is NC(=O)c1ccc(CN(CC(=O)N2N=C(c3cc4ccccc4o3)CC2c2ccco2)C2CC2)cc1. The van der Waals surface area contributed by atoms with Crippen LogP contribution in [0, 0.1) is 0 Å². The molecule has 1 unspecified atom stereocenters. The highest BCUT2D eigenvalue weighted by molar-refractivity contribution is 6.03. The van der Waals surface area contributed by atoms with E-state index in [0.29, 0.717) is 36.1 Å². The Hall–Kier alpha value is -4.17. The van der Waals surface area contributed by atoms with Gasteiger partial charge in [-0.2, -0.15) is 5.10 Å². The lowest BCUT2D eigenvalue weighted by Gasteiger charge is -2.26. The van der Waals surface area contributed by atoms with Crippen LogP contribution >= 0.6 is 0 Å². The zero-order valence-electron chi connectivity index (χ0n) is 19.7. The number of fused-ring (bicyclic) bond motifs is 1. The van der Waals surface area contributed by atoms with E-state index in [1.165, 1.54) is 0 Å². The average molecular weight is 483 g/mol. The lowest BCUT2D eigenvalue weighted by molar-refractivity contribution is -0.134. The van der Waals surface area contributed by atoms with Crippen molar-refractivity contribution in [2.75, 3.05) is 6.54 Å². The largest absolute Gasteiger partial charge is 0.467 e. The first-order chi connectivity index (χ1) is 17.5. The van der Waals surface area contributed by atoms with Gasteiger partial charge < -0.3 is 14.6 Å². The van der Waals surface area contributed by atoms with Gasteiger partial charge in [-0.15, -0.1) is 0 Å². The van der Waals surface area contributed by atoms with Crippen molar-refractivity contribution in [1.29, 1.82) is 0 Å². The summed E-state index contributed by atoms with van der Waals surface area (Å²) in [6.45, 7) is 0.839. The number of nitrogens with two attached hydrogens (primary N) is 1. The molecule has 3 heterocycles. The second kappa shape index (κ2) is 9.13. The maximum Gasteiger partial charge on any atom is 0.257 e. The Bertz CT molecular complexity index is 1400. The molecule has 1 aliphatic heterocycles. The summed E-state index contributed by atoms with van der Waals surface area (Å²) in [5.74, 6) is 0.810. The van der Waals surface area contributed by atoms with Crippen LogP contribution in [0.2, 0.25) is 0 Å². The van der Waals surface area contributed by atoms with Gasteiger partial charge in [0.05, 0.1) is 12.8 Å². The average Bonchev–Trinajstić information content (AvgIpc) is 3.25. The first-order valence-electron chi connectivity index (χ1n) is 12.1. The number of carbonyl (C=O) groups excluding carboxylic acids is 2. The van der Waals surface area contributed by atoms with Crippen LogP contribution in [0.5, 0.6) is 0 Å². The Morgan fingerprint density at radius 2 is 1.86 bits per heavy atom. The summed E-state index contributed by atoms with van der Waals surface area (Å²) in [4.78, 5) is 27.2. The number of amides is 2. The number of furan rings is 2. The minimum Gasteiger partial charge on any atom is -0.467 e. The van der Waals surface area contributed by atoms with E-state index in [1.807, 2.05) is 54.6 Å². The minimum atomic E-state index is -0.452. The van der Waals surface area contributed by atoms with Gasteiger partial charge in [0.2, 0.25) is 5.91 Å². The van der Waals surface area contributed by atoms with E-state index in [1.54, 1.807) is 23.4 Å². The van der Waals surface area contributed by atoms with Crippen molar-refractivity contribution in [3.8, 4) is 0 Å². The van der Waals surface area contributed by atoms with Crippen molar-refractivity contribution in [2.45, 2.75) is 37.9 Å². The number of benzene rings is 2. The molecule has 1 fully saturated rings. The van der Waals surface area contributed by atoms with Gasteiger partial charge in [-0.25, -0.2) is 5.01 Å². The molecule has 2 N–H and O–H groups in total. The third-order valence-corrected chi connectivity index (χ3v) is 6.77. The number of rotatable bonds is 8. The van der Waals surface area contributed by atoms with E-state index >= 15 is 0 Å². The van der Waals surface area contributed by atoms with Gasteiger partial charge in [-0.3, -0.25) is 14.5 Å². The zero-order chi connectivity index (χ0) is 24.6. The molecule has 1 saturated carbocycles. The van der Waals surface area contributed by atoms with Crippen molar-refractivity contribution < 1.29 is 18.4 Å². The molecule has 4 aromatic rings. The number of nitrogens with zero attached hydrogens (tertiary/aromatic N) is 3. The number of para-hydroxylation sites is 1. The predicted molar refractivity (Wildman–Crippen MR) is 134 cm³/mol. The molecule has 1 atom stereocenters. The minimum absolute atomic E-state index is 0.0943. The fourth-order valence-corrected chi connectivity index (χ4v) is 4.72. The van der Waals surface area contributed by atoms with E-state index < -0.39 is 5.91 Å². The second-order valence-electron chi connectivity index (χ2n) is 9.37. The van der Waals surface area contributed by atoms with E-state index in [2.05, 4.69) is 4.90 Å². The first-order valence-corrected chi connectivity index (χ1v) is 12.1. The lowest BCUT2D eigenvalue weighted by Crippen LogP contribution is -2.39. The zero-order valence-corrected chi connectivity index (χ0v) is 19.7. The Morgan fingerprint density at radius 3 is 2.56 bits per heavy atom. The highest BCUT2D eigenvalue weighted by Gasteiger charge is 2.38. The highest BCUT2D eigenvalue weighted by Crippen LogP contribution is 2.35. The second-order valence-corrected chi connectivity index (χ2v) is 9.37. The first kappa shape index (κ1) is 22.3. The Morgan fingerprint density at radius 1 is 1.06 bits per heavy atom. The van der Waals surface area contributed by atoms with Crippen LogP contribution in [0.15, 0.2) is 86.9 Å². The summed E-state index contributed by atoms with van der Waals surface area (Å²) in [7, 11) is 0. The molecule has 0 saturated heterocycles. The fourth-order valence-electron chi connectivity index (χ4n) is 4.72. The molecule has 2 aromatic carbocycles. The highest BCUT2D eigenvalue weighted by atomic mass is 16.3. The number of hydrazone groups is 1. The quantitative estimate of drug-likeness (QED) is 0.399. The van der Waals surface area contributed by atoms with E-state index in [9.17, 15) is 9.59 Å². The Kier molecular flexibility index (Phi) is 5.65. The molecular weight excluding hydrogens is 456 g/mol. The molecule has 8 nitrogen and oxygen atoms in total. The summed E-state index contributed by atoms with van der Waals surface area (Å²) in [6, 6.07) is 20.7. The van der Waals surface area contributed by atoms with Crippen LogP contribution in [0.1, 0.15) is 52.7 Å². The summed E-state index contributed by atoms with van der Waals surface area (Å²) < 4.78 is 11.7. The topological polar surface area (TPSA) is 105 Å². The van der Waals surface area contributed by atoms with Crippen LogP contribution in [-0.2, 0) is 11.3 Å². The van der Waals surface area contributed by atoms with Crippen molar-refractivity contribution in [3.05, 3.63) is 95.6 Å². The molecule has 182 valence electrons. The maximum absolute atomic E-state index is 13.6. The van der Waals surface area contributed by atoms with Gasteiger partial charge >= 0.3 is 0 Å². The molecule has 0 radical (unpaired) electrons. The monoisotopic (exact) mass is 482 g/mol. The molecule has 0 bridgehead atoms. The summed E-state index contributed by atoms with van der Waals surface area (Å²) in [6.07, 6.45) is 4.24. The number of hydrogen-bond donors (Lipinski definition) is 1. The van der Waals surface area contributed by atoms with Crippen molar-refractivity contribution in [1.82, 2.24) is 9.91 Å². The molecule has 6 rings (SSSR count). The van der Waals surface area contributed by atoms with Crippen LogP contribution in [0.4, 0.5) is 0 Å². The number of hydrogen-bond acceptors (Lipinski definition) is 6. The van der Waals surface area contributed by atoms with Crippen molar-refractivity contribution in [2.24, 2.45) is 10.8 Å². The molecule has 8 heteroatoms. The maximum atomic E-state index is 13.6. The molecule has 2 aromatic heterocycles. The van der Waals surface area contributed by atoms with E-state index in [4.69, 9.17) is 19.7 Å². The summed E-state index contributed by atoms with van der Waals surface area (Å²) >= 11 is 0. The van der Waals surface area contributed by atoms with Gasteiger partial charge in [0.15, 0.2) is 5.76 Å². The molecular formula is C28H26N4O4. The smallest absolute Gasteiger partial charge is 0.257 e. The van der Waals surface area contributed by atoms with E-state index in [0.717, 1.165) is 35.1 Å². The van der Waals surface area contributed by atoms with Crippen LogP contribution in [0.25, 0.3) is 11.0 Å². The van der Waals surface area contributed by atoms with Gasteiger partial charge in [-0.05, 0) is 54.8 Å². The lowest BCUT2D eigenvalue weighted by atomic mass is 10.1.